The highest BCUT2D eigenvalue weighted by Crippen LogP contribution is 2.31. The van der Waals surface area contributed by atoms with Gasteiger partial charge in [0.15, 0.2) is 5.76 Å². The second kappa shape index (κ2) is 6.70. The maximum atomic E-state index is 12.2. The Morgan fingerprint density at radius 2 is 2.09 bits per heavy atom. The van der Waals surface area contributed by atoms with Crippen LogP contribution >= 0.6 is 34.5 Å². The topological polar surface area (TPSA) is 68.0 Å². The summed E-state index contributed by atoms with van der Waals surface area (Å²) in [5, 5.41) is 12.8. The summed E-state index contributed by atoms with van der Waals surface area (Å²) in [7, 11) is 0. The minimum atomic E-state index is -0.389. The standard InChI is InChI=1S/C15H11Cl2N3O2S/c1-2-13-19-20-15(23-13)18-14(21)12-6-5-11(22-12)9-4-3-8(16)7-10(9)17/h3-7H,2H2,1H3,(H,18,20,21). The number of rotatable bonds is 4. The highest BCUT2D eigenvalue weighted by molar-refractivity contribution is 7.15. The molecule has 0 fully saturated rings. The fraction of sp³-hybridized carbons (Fsp3) is 0.133. The van der Waals surface area contributed by atoms with E-state index in [1.807, 2.05) is 6.92 Å². The number of aryl methyl sites for hydroxylation is 1. The van der Waals surface area contributed by atoms with Crippen molar-refractivity contribution in [2.75, 3.05) is 5.32 Å². The number of carbonyl (C=O) groups is 1. The van der Waals surface area contributed by atoms with Gasteiger partial charge in [-0.2, -0.15) is 0 Å². The molecule has 23 heavy (non-hydrogen) atoms. The number of nitrogens with one attached hydrogen (secondary N) is 1. The van der Waals surface area contributed by atoms with Crippen molar-refractivity contribution in [3.8, 4) is 11.3 Å². The smallest absolute Gasteiger partial charge is 0.293 e. The molecule has 0 saturated carbocycles. The number of aromatic nitrogens is 2. The molecule has 1 aromatic carbocycles. The van der Waals surface area contributed by atoms with Crippen LogP contribution in [0.25, 0.3) is 11.3 Å². The molecule has 3 rings (SSSR count). The van der Waals surface area contributed by atoms with Crippen molar-refractivity contribution in [2.24, 2.45) is 0 Å². The minimum absolute atomic E-state index is 0.166. The molecular formula is C15H11Cl2N3O2S. The van der Waals surface area contributed by atoms with Gasteiger partial charge in [-0.15, -0.1) is 10.2 Å². The van der Waals surface area contributed by atoms with E-state index >= 15 is 0 Å². The molecule has 0 aliphatic rings. The van der Waals surface area contributed by atoms with Gasteiger partial charge < -0.3 is 4.42 Å². The van der Waals surface area contributed by atoms with E-state index in [0.29, 0.717) is 26.5 Å². The number of halogens is 2. The van der Waals surface area contributed by atoms with E-state index < -0.39 is 0 Å². The van der Waals surface area contributed by atoms with Crippen LogP contribution in [0, 0.1) is 0 Å². The van der Waals surface area contributed by atoms with Gasteiger partial charge in [0, 0.05) is 10.6 Å². The summed E-state index contributed by atoms with van der Waals surface area (Å²) in [4.78, 5) is 12.2. The lowest BCUT2D eigenvalue weighted by molar-refractivity contribution is 0.0997. The third-order valence-corrected chi connectivity index (χ3v) is 4.55. The average molecular weight is 368 g/mol. The molecule has 1 N–H and O–H groups in total. The molecule has 0 aliphatic heterocycles. The number of furan rings is 1. The number of amides is 1. The maximum absolute atomic E-state index is 12.2. The van der Waals surface area contributed by atoms with Crippen molar-refractivity contribution < 1.29 is 9.21 Å². The van der Waals surface area contributed by atoms with Gasteiger partial charge in [-0.05, 0) is 36.8 Å². The summed E-state index contributed by atoms with van der Waals surface area (Å²) in [6.07, 6.45) is 0.771. The Hall–Kier alpha value is -1.89. The van der Waals surface area contributed by atoms with E-state index in [2.05, 4.69) is 15.5 Å². The number of benzene rings is 1. The zero-order chi connectivity index (χ0) is 16.4. The van der Waals surface area contributed by atoms with Gasteiger partial charge in [0.1, 0.15) is 10.8 Å². The first-order valence-corrected chi connectivity index (χ1v) is 8.33. The van der Waals surface area contributed by atoms with Gasteiger partial charge in [-0.3, -0.25) is 10.1 Å². The van der Waals surface area contributed by atoms with E-state index in [1.165, 1.54) is 11.3 Å². The molecular weight excluding hydrogens is 357 g/mol. The van der Waals surface area contributed by atoms with Gasteiger partial charge in [-0.25, -0.2) is 0 Å². The molecule has 0 atom stereocenters. The second-order valence-electron chi connectivity index (χ2n) is 4.60. The normalized spacial score (nSPS) is 10.7. The maximum Gasteiger partial charge on any atom is 0.293 e. The number of hydrogen-bond donors (Lipinski definition) is 1. The third-order valence-electron chi connectivity index (χ3n) is 3.02. The van der Waals surface area contributed by atoms with E-state index in [1.54, 1.807) is 30.3 Å². The Morgan fingerprint density at radius 3 is 2.78 bits per heavy atom. The molecule has 2 aromatic heterocycles. The third kappa shape index (κ3) is 3.55. The predicted molar refractivity (Wildman–Crippen MR) is 91.4 cm³/mol. The summed E-state index contributed by atoms with van der Waals surface area (Å²) in [6.45, 7) is 1.97. The molecule has 118 valence electrons. The van der Waals surface area contributed by atoms with Gasteiger partial charge in [0.05, 0.1) is 5.02 Å². The molecule has 0 radical (unpaired) electrons. The lowest BCUT2D eigenvalue weighted by atomic mass is 10.2. The lowest BCUT2D eigenvalue weighted by Gasteiger charge is -2.01. The molecule has 0 spiro atoms. The van der Waals surface area contributed by atoms with Crippen molar-refractivity contribution in [1.82, 2.24) is 10.2 Å². The Labute approximate surface area is 146 Å². The Bertz CT molecular complexity index is 860. The molecule has 0 aliphatic carbocycles. The van der Waals surface area contributed by atoms with Crippen LogP contribution in [0.5, 0.6) is 0 Å². The van der Waals surface area contributed by atoms with Crippen LogP contribution in [0.4, 0.5) is 5.13 Å². The van der Waals surface area contributed by atoms with E-state index in [0.717, 1.165) is 11.4 Å². The molecule has 0 saturated heterocycles. The quantitative estimate of drug-likeness (QED) is 0.710. The van der Waals surface area contributed by atoms with Crippen molar-refractivity contribution in [3.63, 3.8) is 0 Å². The van der Waals surface area contributed by atoms with Crippen LogP contribution in [0.3, 0.4) is 0 Å². The van der Waals surface area contributed by atoms with Gasteiger partial charge >= 0.3 is 0 Å². The number of hydrogen-bond acceptors (Lipinski definition) is 5. The Balaban J connectivity index is 1.79. The molecule has 5 nitrogen and oxygen atoms in total. The summed E-state index contributed by atoms with van der Waals surface area (Å²) in [6, 6.07) is 8.33. The number of anilines is 1. The zero-order valence-corrected chi connectivity index (χ0v) is 14.3. The van der Waals surface area contributed by atoms with Crippen molar-refractivity contribution in [2.45, 2.75) is 13.3 Å². The zero-order valence-electron chi connectivity index (χ0n) is 12.0. The summed E-state index contributed by atoms with van der Waals surface area (Å²) in [5.41, 5.74) is 0.666. The first kappa shape index (κ1) is 16.0. The van der Waals surface area contributed by atoms with E-state index in [-0.39, 0.29) is 11.7 Å². The largest absolute Gasteiger partial charge is 0.451 e. The molecule has 1 amide bonds. The highest BCUT2D eigenvalue weighted by atomic mass is 35.5. The van der Waals surface area contributed by atoms with Crippen LogP contribution in [0.1, 0.15) is 22.5 Å². The van der Waals surface area contributed by atoms with Gasteiger partial charge in [0.2, 0.25) is 5.13 Å². The van der Waals surface area contributed by atoms with Crippen molar-refractivity contribution in [1.29, 1.82) is 0 Å². The van der Waals surface area contributed by atoms with Crippen LogP contribution in [0.2, 0.25) is 10.0 Å². The van der Waals surface area contributed by atoms with Crippen LogP contribution in [-0.2, 0) is 6.42 Å². The van der Waals surface area contributed by atoms with Crippen molar-refractivity contribution >= 4 is 45.6 Å². The van der Waals surface area contributed by atoms with Crippen LogP contribution in [0.15, 0.2) is 34.7 Å². The van der Waals surface area contributed by atoms with Crippen LogP contribution in [-0.4, -0.2) is 16.1 Å². The monoisotopic (exact) mass is 367 g/mol. The Kier molecular flexibility index (Phi) is 4.66. The fourth-order valence-electron chi connectivity index (χ4n) is 1.90. The fourth-order valence-corrected chi connectivity index (χ4v) is 3.08. The molecule has 8 heteroatoms. The SMILES string of the molecule is CCc1nnc(NC(=O)c2ccc(-c3ccc(Cl)cc3Cl)o2)s1. The summed E-state index contributed by atoms with van der Waals surface area (Å²) >= 11 is 13.3. The van der Waals surface area contributed by atoms with Gasteiger partial charge in [-0.1, -0.05) is 41.5 Å². The van der Waals surface area contributed by atoms with Crippen molar-refractivity contribution in [3.05, 3.63) is 51.1 Å². The molecule has 2 heterocycles. The molecule has 0 bridgehead atoms. The van der Waals surface area contributed by atoms with Gasteiger partial charge in [0.25, 0.3) is 5.91 Å². The highest BCUT2D eigenvalue weighted by Gasteiger charge is 2.16. The van der Waals surface area contributed by atoms with E-state index in [4.69, 9.17) is 27.6 Å². The first-order chi connectivity index (χ1) is 11.1. The second-order valence-corrected chi connectivity index (χ2v) is 6.50. The predicted octanol–water partition coefficient (Wildman–Crippen LogP) is 4.92. The molecule has 0 unspecified atom stereocenters. The first-order valence-electron chi connectivity index (χ1n) is 6.76. The average Bonchev–Trinajstić information content (AvgIpc) is 3.16. The molecule has 3 aromatic rings. The summed E-state index contributed by atoms with van der Waals surface area (Å²) < 4.78 is 5.57. The number of carbonyl (C=O) groups excluding carboxylic acids is 1. The Morgan fingerprint density at radius 1 is 1.26 bits per heavy atom. The minimum Gasteiger partial charge on any atom is -0.451 e. The summed E-state index contributed by atoms with van der Waals surface area (Å²) in [5.74, 6) is 0.266. The van der Waals surface area contributed by atoms with E-state index in [9.17, 15) is 4.79 Å². The number of nitrogens with zero attached hydrogens (tertiary/aromatic N) is 2. The van der Waals surface area contributed by atoms with Crippen LogP contribution < -0.4 is 5.32 Å². The lowest BCUT2D eigenvalue weighted by Crippen LogP contribution is -2.10.